The molecule has 7 nitrogen and oxygen atoms in total. The van der Waals surface area contributed by atoms with Crippen LogP contribution in [0.1, 0.15) is 11.3 Å². The van der Waals surface area contributed by atoms with Crippen molar-refractivity contribution < 1.29 is 14.3 Å². The summed E-state index contributed by atoms with van der Waals surface area (Å²) in [5.41, 5.74) is 4.17. The standard InChI is InChI=1S/C21H22N4O3/c1-27-16-4-6-17(7-5-16)28-14-20(26)25-11-8-18-19(9-12-25)23-24-21(18)15-3-2-10-22-13-15/h2-7,10,13H,8-9,11-12,14H2,1H3,(H,23,24). The van der Waals surface area contributed by atoms with Crippen molar-refractivity contribution in [1.82, 2.24) is 20.1 Å². The summed E-state index contributed by atoms with van der Waals surface area (Å²) in [6.45, 7) is 1.31. The Bertz CT molecular complexity index is 938. The molecule has 0 aliphatic carbocycles. The summed E-state index contributed by atoms with van der Waals surface area (Å²) < 4.78 is 10.8. The molecule has 0 atom stereocenters. The molecule has 1 aliphatic rings. The molecule has 2 aromatic heterocycles. The van der Waals surface area contributed by atoms with Gasteiger partial charge in [-0.2, -0.15) is 5.10 Å². The number of carbonyl (C=O) groups is 1. The number of aromatic amines is 1. The number of hydrogen-bond acceptors (Lipinski definition) is 5. The summed E-state index contributed by atoms with van der Waals surface area (Å²) in [6, 6.07) is 11.1. The Kier molecular flexibility index (Phi) is 5.23. The number of fused-ring (bicyclic) bond motifs is 1. The number of H-pyrrole nitrogens is 1. The van der Waals surface area contributed by atoms with Crippen LogP contribution in [-0.4, -0.2) is 52.8 Å². The third-order valence-electron chi connectivity index (χ3n) is 4.93. The molecule has 4 rings (SSSR count). The van der Waals surface area contributed by atoms with Gasteiger partial charge < -0.3 is 14.4 Å². The van der Waals surface area contributed by atoms with Crippen LogP contribution in [0, 0.1) is 0 Å². The number of ether oxygens (including phenoxy) is 2. The summed E-state index contributed by atoms with van der Waals surface area (Å²) in [5, 5.41) is 7.60. The number of benzene rings is 1. The number of nitrogens with one attached hydrogen (secondary N) is 1. The van der Waals surface area contributed by atoms with Gasteiger partial charge in [0.05, 0.1) is 12.8 Å². The average molecular weight is 378 g/mol. The van der Waals surface area contributed by atoms with Crippen LogP contribution in [0.25, 0.3) is 11.3 Å². The van der Waals surface area contributed by atoms with E-state index in [2.05, 4.69) is 15.2 Å². The highest BCUT2D eigenvalue weighted by atomic mass is 16.5. The maximum Gasteiger partial charge on any atom is 0.260 e. The van der Waals surface area contributed by atoms with Crippen molar-refractivity contribution in [2.45, 2.75) is 12.8 Å². The predicted octanol–water partition coefficient (Wildman–Crippen LogP) is 2.49. The zero-order valence-corrected chi connectivity index (χ0v) is 15.7. The van der Waals surface area contributed by atoms with E-state index in [9.17, 15) is 4.79 Å². The van der Waals surface area contributed by atoms with Crippen LogP contribution in [-0.2, 0) is 17.6 Å². The Balaban J connectivity index is 1.38. The quantitative estimate of drug-likeness (QED) is 0.738. The fourth-order valence-corrected chi connectivity index (χ4v) is 3.38. The second-order valence-electron chi connectivity index (χ2n) is 6.62. The molecule has 3 aromatic rings. The number of hydrogen-bond donors (Lipinski definition) is 1. The maximum atomic E-state index is 12.6. The number of aromatic nitrogens is 3. The van der Waals surface area contributed by atoms with Gasteiger partial charge in [-0.1, -0.05) is 0 Å². The average Bonchev–Trinajstić information content (AvgIpc) is 3.04. The van der Waals surface area contributed by atoms with Gasteiger partial charge in [-0.05, 0) is 42.8 Å². The molecule has 1 N–H and O–H groups in total. The van der Waals surface area contributed by atoms with Gasteiger partial charge in [-0.3, -0.25) is 14.9 Å². The van der Waals surface area contributed by atoms with E-state index in [0.717, 1.165) is 35.5 Å². The minimum atomic E-state index is -0.0168. The molecule has 0 fully saturated rings. The highest BCUT2D eigenvalue weighted by Gasteiger charge is 2.23. The fourth-order valence-electron chi connectivity index (χ4n) is 3.38. The van der Waals surface area contributed by atoms with E-state index in [1.165, 1.54) is 5.56 Å². The summed E-state index contributed by atoms with van der Waals surface area (Å²) in [5.74, 6) is 1.39. The van der Waals surface area contributed by atoms with Gasteiger partial charge in [0.15, 0.2) is 6.61 Å². The smallest absolute Gasteiger partial charge is 0.260 e. The number of nitrogens with zero attached hydrogens (tertiary/aromatic N) is 3. The van der Waals surface area contributed by atoms with Crippen molar-refractivity contribution in [1.29, 1.82) is 0 Å². The van der Waals surface area contributed by atoms with Crippen molar-refractivity contribution >= 4 is 5.91 Å². The van der Waals surface area contributed by atoms with E-state index >= 15 is 0 Å². The second-order valence-corrected chi connectivity index (χ2v) is 6.62. The van der Waals surface area contributed by atoms with E-state index in [4.69, 9.17) is 9.47 Å². The lowest BCUT2D eigenvalue weighted by Crippen LogP contribution is -2.36. The number of pyridine rings is 1. The van der Waals surface area contributed by atoms with E-state index in [1.807, 2.05) is 35.4 Å². The van der Waals surface area contributed by atoms with E-state index in [0.29, 0.717) is 18.8 Å². The Morgan fingerprint density at radius 1 is 1.14 bits per heavy atom. The first-order valence-corrected chi connectivity index (χ1v) is 9.26. The molecule has 0 unspecified atom stereocenters. The van der Waals surface area contributed by atoms with Gasteiger partial charge in [0.25, 0.3) is 5.91 Å². The molecule has 1 amide bonds. The molecule has 0 bridgehead atoms. The Morgan fingerprint density at radius 3 is 2.68 bits per heavy atom. The monoisotopic (exact) mass is 378 g/mol. The van der Waals surface area contributed by atoms with Crippen LogP contribution in [0.5, 0.6) is 11.5 Å². The molecule has 0 spiro atoms. The van der Waals surface area contributed by atoms with Crippen molar-refractivity contribution in [2.75, 3.05) is 26.8 Å². The van der Waals surface area contributed by atoms with Crippen LogP contribution in [0.15, 0.2) is 48.8 Å². The zero-order valence-electron chi connectivity index (χ0n) is 15.7. The van der Waals surface area contributed by atoms with Gasteiger partial charge >= 0.3 is 0 Å². The summed E-state index contributed by atoms with van der Waals surface area (Å²) in [7, 11) is 1.61. The van der Waals surface area contributed by atoms with Gasteiger partial charge in [-0.15, -0.1) is 0 Å². The van der Waals surface area contributed by atoms with Gasteiger partial charge in [0.2, 0.25) is 0 Å². The SMILES string of the molecule is COc1ccc(OCC(=O)N2CCc3[nH]nc(-c4cccnc4)c3CC2)cc1. The Hall–Kier alpha value is -3.35. The van der Waals surface area contributed by atoms with E-state index < -0.39 is 0 Å². The molecule has 1 aliphatic heterocycles. The third-order valence-corrected chi connectivity index (χ3v) is 4.93. The highest BCUT2D eigenvalue weighted by Crippen LogP contribution is 2.26. The van der Waals surface area contributed by atoms with Crippen molar-refractivity contribution in [2.24, 2.45) is 0 Å². The molecule has 144 valence electrons. The van der Waals surface area contributed by atoms with Gasteiger partial charge in [0.1, 0.15) is 11.5 Å². The molecule has 7 heteroatoms. The van der Waals surface area contributed by atoms with Gasteiger partial charge in [-0.25, -0.2) is 0 Å². The lowest BCUT2D eigenvalue weighted by Gasteiger charge is -2.20. The first-order valence-electron chi connectivity index (χ1n) is 9.26. The second kappa shape index (κ2) is 8.12. The van der Waals surface area contributed by atoms with Crippen molar-refractivity contribution in [3.8, 4) is 22.8 Å². The number of methoxy groups -OCH3 is 1. The normalized spacial score (nSPS) is 13.5. The van der Waals surface area contributed by atoms with Crippen molar-refractivity contribution in [3.63, 3.8) is 0 Å². The zero-order chi connectivity index (χ0) is 19.3. The molecule has 3 heterocycles. The fraction of sp³-hybridized carbons (Fsp3) is 0.286. The lowest BCUT2D eigenvalue weighted by molar-refractivity contribution is -0.133. The van der Waals surface area contributed by atoms with E-state index in [-0.39, 0.29) is 12.5 Å². The number of amides is 1. The first kappa shape index (κ1) is 18.0. The molecular weight excluding hydrogens is 356 g/mol. The molecular formula is C21H22N4O3. The van der Waals surface area contributed by atoms with Crippen LogP contribution >= 0.6 is 0 Å². The highest BCUT2D eigenvalue weighted by molar-refractivity contribution is 5.78. The van der Waals surface area contributed by atoms with E-state index in [1.54, 1.807) is 25.4 Å². The molecule has 1 aromatic carbocycles. The molecule has 0 saturated carbocycles. The Labute approximate surface area is 163 Å². The molecule has 28 heavy (non-hydrogen) atoms. The number of rotatable bonds is 5. The largest absolute Gasteiger partial charge is 0.497 e. The van der Waals surface area contributed by atoms with Crippen molar-refractivity contribution in [3.05, 3.63) is 60.0 Å². The topological polar surface area (TPSA) is 80.3 Å². The number of carbonyl (C=O) groups excluding carboxylic acids is 1. The molecule has 0 radical (unpaired) electrons. The summed E-state index contributed by atoms with van der Waals surface area (Å²) in [4.78, 5) is 18.6. The van der Waals surface area contributed by atoms with Crippen LogP contribution < -0.4 is 9.47 Å². The predicted molar refractivity (Wildman–Crippen MR) is 104 cm³/mol. The van der Waals surface area contributed by atoms with Gasteiger partial charge in [0, 0.05) is 48.7 Å². The summed E-state index contributed by atoms with van der Waals surface area (Å²) >= 11 is 0. The van der Waals surface area contributed by atoms with Crippen LogP contribution in [0.3, 0.4) is 0 Å². The first-order chi connectivity index (χ1) is 13.7. The minimum Gasteiger partial charge on any atom is -0.497 e. The van der Waals surface area contributed by atoms with Crippen LogP contribution in [0.2, 0.25) is 0 Å². The molecule has 0 saturated heterocycles. The minimum absolute atomic E-state index is 0.0168. The lowest BCUT2D eigenvalue weighted by atomic mass is 10.0. The third kappa shape index (κ3) is 3.83. The van der Waals surface area contributed by atoms with Crippen LogP contribution in [0.4, 0.5) is 0 Å². The maximum absolute atomic E-state index is 12.6. The Morgan fingerprint density at radius 2 is 1.93 bits per heavy atom. The summed E-state index contributed by atoms with van der Waals surface area (Å²) in [6.07, 6.45) is 5.06.